The first kappa shape index (κ1) is 47.6. The quantitative estimate of drug-likeness (QED) is 0.0477. The van der Waals surface area contributed by atoms with Crippen molar-refractivity contribution >= 4 is 5.91 Å². The van der Waals surface area contributed by atoms with Crippen LogP contribution in [0.5, 0.6) is 0 Å². The van der Waals surface area contributed by atoms with Crippen LogP contribution in [0.25, 0.3) is 0 Å². The molecule has 0 bridgehead atoms. The minimum atomic E-state index is -1.79. The van der Waals surface area contributed by atoms with Crippen LogP contribution in [0.2, 0.25) is 0 Å². The van der Waals surface area contributed by atoms with Crippen molar-refractivity contribution in [2.45, 2.75) is 152 Å². The van der Waals surface area contributed by atoms with Gasteiger partial charge in [0.05, 0.1) is 32.0 Å². The zero-order chi connectivity index (χ0) is 39.7. The van der Waals surface area contributed by atoms with Gasteiger partial charge >= 0.3 is 0 Å². The maximum Gasteiger partial charge on any atom is 0.220 e. The summed E-state index contributed by atoms with van der Waals surface area (Å²) < 4.78 is 22.3. The smallest absolute Gasteiger partial charge is 0.220 e. The van der Waals surface area contributed by atoms with Crippen molar-refractivity contribution in [2.24, 2.45) is 0 Å². The molecule has 9 N–H and O–H groups in total. The molecule has 0 aliphatic carbocycles. The fraction of sp³-hybridized carbons (Fsp3) is 0.675. The second-order valence-corrected chi connectivity index (χ2v) is 13.3. The number of rotatable bonds is 25. The van der Waals surface area contributed by atoms with Gasteiger partial charge in [0, 0.05) is 6.42 Å². The first-order chi connectivity index (χ1) is 26.1. The molecule has 12 unspecified atom stereocenters. The van der Waals surface area contributed by atoms with E-state index in [1.54, 1.807) is 12.2 Å². The lowest BCUT2D eigenvalue weighted by molar-refractivity contribution is -0.359. The van der Waals surface area contributed by atoms with E-state index in [-0.39, 0.29) is 18.9 Å². The van der Waals surface area contributed by atoms with Crippen LogP contribution in [0.3, 0.4) is 0 Å². The van der Waals surface area contributed by atoms with Crippen molar-refractivity contribution in [2.75, 3.05) is 19.8 Å². The number of ether oxygens (including phenoxy) is 4. The van der Waals surface area contributed by atoms with Gasteiger partial charge in [0.1, 0.15) is 48.8 Å². The Morgan fingerprint density at radius 1 is 0.685 bits per heavy atom. The average Bonchev–Trinajstić information content (AvgIpc) is 3.16. The molecule has 0 aromatic rings. The maximum absolute atomic E-state index is 12.9. The summed E-state index contributed by atoms with van der Waals surface area (Å²) in [5, 5.41) is 85.4. The van der Waals surface area contributed by atoms with E-state index in [2.05, 4.69) is 60.8 Å². The van der Waals surface area contributed by atoms with Gasteiger partial charge in [0.25, 0.3) is 0 Å². The molecular formula is C40H65NO13. The lowest BCUT2D eigenvalue weighted by Crippen LogP contribution is -2.65. The van der Waals surface area contributed by atoms with Gasteiger partial charge in [0.2, 0.25) is 5.91 Å². The largest absolute Gasteiger partial charge is 0.394 e. The third-order valence-electron chi connectivity index (χ3n) is 8.88. The lowest BCUT2D eigenvalue weighted by atomic mass is 9.97. The zero-order valence-corrected chi connectivity index (χ0v) is 31.7. The van der Waals surface area contributed by atoms with Crippen LogP contribution in [0.4, 0.5) is 0 Å². The molecule has 2 heterocycles. The Morgan fingerprint density at radius 3 is 1.81 bits per heavy atom. The highest BCUT2D eigenvalue weighted by molar-refractivity contribution is 5.76. The number of unbranched alkanes of at least 4 members (excludes halogenated alkanes) is 2. The molecule has 0 radical (unpaired) electrons. The molecule has 14 nitrogen and oxygen atoms in total. The molecule has 1 amide bonds. The molecule has 54 heavy (non-hydrogen) atoms. The van der Waals surface area contributed by atoms with Gasteiger partial charge in [-0.1, -0.05) is 93.2 Å². The van der Waals surface area contributed by atoms with Gasteiger partial charge in [-0.15, -0.1) is 0 Å². The fourth-order valence-electron chi connectivity index (χ4n) is 5.68. The molecule has 2 aliphatic heterocycles. The van der Waals surface area contributed by atoms with Crippen molar-refractivity contribution in [3.63, 3.8) is 0 Å². The Morgan fingerprint density at radius 2 is 1.24 bits per heavy atom. The average molecular weight is 768 g/mol. The second kappa shape index (κ2) is 27.9. The van der Waals surface area contributed by atoms with Crippen LogP contribution in [0.15, 0.2) is 72.9 Å². The van der Waals surface area contributed by atoms with E-state index in [1.165, 1.54) is 0 Å². The van der Waals surface area contributed by atoms with Gasteiger partial charge in [-0.05, 0) is 51.4 Å². The van der Waals surface area contributed by atoms with Crippen LogP contribution in [0.1, 0.15) is 78.1 Å². The van der Waals surface area contributed by atoms with Crippen molar-refractivity contribution in [3.05, 3.63) is 72.9 Å². The van der Waals surface area contributed by atoms with E-state index in [0.717, 1.165) is 38.5 Å². The van der Waals surface area contributed by atoms with E-state index in [0.29, 0.717) is 19.3 Å². The molecule has 0 aromatic heterocycles. The van der Waals surface area contributed by atoms with E-state index >= 15 is 0 Å². The molecular weight excluding hydrogens is 702 g/mol. The molecule has 2 rings (SSSR count). The van der Waals surface area contributed by atoms with Gasteiger partial charge in [0.15, 0.2) is 12.6 Å². The molecule has 0 spiro atoms. The summed E-state index contributed by atoms with van der Waals surface area (Å²) in [6.45, 7) is 2.33. The highest BCUT2D eigenvalue weighted by Crippen LogP contribution is 2.29. The number of hydrogen-bond donors (Lipinski definition) is 9. The minimum absolute atomic E-state index is 0.195. The zero-order valence-electron chi connectivity index (χ0n) is 31.7. The third kappa shape index (κ3) is 17.1. The first-order valence-corrected chi connectivity index (χ1v) is 19.2. The highest BCUT2D eigenvalue weighted by atomic mass is 16.7. The monoisotopic (exact) mass is 767 g/mol. The standard InChI is InChI=1S/C40H65NO13/c1-3-5-7-8-9-10-11-12-13-14-15-16-17-18-19-20-22-24-32(45)41-28(29(44)23-21-6-4-2)27-51-39-37(50)35(48)38(31(26-43)53-39)54-40-36(49)34(47)33(46)30(25-42)52-40/h5,7,9-10,12-13,15-16,18-19,21,23,28-31,33-40,42-44,46-50H,3-4,6,8,11,14,17,20,22,24-27H2,1-2H3,(H,41,45)/b7-5-,10-9-,13-12-,16-15-,19-18-,23-21+. The molecule has 14 heteroatoms. The number of hydrogen-bond acceptors (Lipinski definition) is 13. The number of nitrogens with one attached hydrogen (secondary N) is 1. The molecule has 0 aromatic carbocycles. The molecule has 2 fully saturated rings. The summed E-state index contributed by atoms with van der Waals surface area (Å²) in [5.41, 5.74) is 0. The molecule has 12 atom stereocenters. The number of amides is 1. The van der Waals surface area contributed by atoms with Crippen LogP contribution < -0.4 is 5.32 Å². The summed E-state index contributed by atoms with van der Waals surface area (Å²) in [7, 11) is 0. The fourth-order valence-corrected chi connectivity index (χ4v) is 5.68. The minimum Gasteiger partial charge on any atom is -0.394 e. The van der Waals surface area contributed by atoms with Crippen LogP contribution in [0, 0.1) is 0 Å². The van der Waals surface area contributed by atoms with Crippen molar-refractivity contribution < 1.29 is 64.6 Å². The summed E-state index contributed by atoms with van der Waals surface area (Å²) in [5.74, 6) is -0.315. The Bertz CT molecular complexity index is 1190. The van der Waals surface area contributed by atoms with Crippen LogP contribution >= 0.6 is 0 Å². The number of aliphatic hydroxyl groups excluding tert-OH is 8. The Hall–Kier alpha value is -2.57. The summed E-state index contributed by atoms with van der Waals surface area (Å²) in [6.07, 6.45) is 15.1. The SMILES string of the molecule is CC/C=C\C/C=C\C/C=C\C/C=C\C/C=C\CCCC(=O)NC(COC1OC(CO)C(OC2OC(CO)C(O)C(O)C2O)C(O)C1O)C(O)/C=C/CCC. The molecule has 308 valence electrons. The number of allylic oxidation sites excluding steroid dienone is 11. The highest BCUT2D eigenvalue weighted by Gasteiger charge is 2.50. The van der Waals surface area contributed by atoms with Crippen molar-refractivity contribution in [1.29, 1.82) is 0 Å². The second-order valence-electron chi connectivity index (χ2n) is 13.3. The number of carbonyl (C=O) groups is 1. The predicted octanol–water partition coefficient (Wildman–Crippen LogP) is 1.75. The lowest BCUT2D eigenvalue weighted by Gasteiger charge is -2.46. The number of aliphatic hydroxyl groups is 8. The van der Waals surface area contributed by atoms with E-state index in [4.69, 9.17) is 18.9 Å². The van der Waals surface area contributed by atoms with Gasteiger partial charge in [-0.2, -0.15) is 0 Å². The number of carbonyl (C=O) groups excluding carboxylic acids is 1. The van der Waals surface area contributed by atoms with Crippen molar-refractivity contribution in [3.8, 4) is 0 Å². The Balaban J connectivity index is 1.85. The van der Waals surface area contributed by atoms with Gasteiger partial charge in [-0.3, -0.25) is 4.79 Å². The normalized spacial score (nSPS) is 30.9. The van der Waals surface area contributed by atoms with Crippen molar-refractivity contribution in [1.82, 2.24) is 5.32 Å². The third-order valence-corrected chi connectivity index (χ3v) is 8.88. The Labute approximate surface area is 319 Å². The summed E-state index contributed by atoms with van der Waals surface area (Å²) in [4.78, 5) is 12.9. The summed E-state index contributed by atoms with van der Waals surface area (Å²) in [6, 6.07) is -0.942. The molecule has 2 saturated heterocycles. The topological polar surface area (TPSA) is 228 Å². The molecule has 2 aliphatic rings. The van der Waals surface area contributed by atoms with Gasteiger partial charge in [-0.25, -0.2) is 0 Å². The first-order valence-electron chi connectivity index (χ1n) is 19.2. The van der Waals surface area contributed by atoms with E-state index in [9.17, 15) is 45.6 Å². The van der Waals surface area contributed by atoms with E-state index in [1.807, 2.05) is 19.1 Å². The maximum atomic E-state index is 12.9. The van der Waals surface area contributed by atoms with Gasteiger partial charge < -0.3 is 65.1 Å². The van der Waals surface area contributed by atoms with E-state index < -0.39 is 86.8 Å². The predicted molar refractivity (Wildman–Crippen MR) is 203 cm³/mol. The molecule has 0 saturated carbocycles. The van der Waals surface area contributed by atoms with Crippen LogP contribution in [-0.2, 0) is 23.7 Å². The Kier molecular flexibility index (Phi) is 24.6. The van der Waals surface area contributed by atoms with Crippen LogP contribution in [-0.4, -0.2) is 140 Å². The summed E-state index contributed by atoms with van der Waals surface area (Å²) >= 11 is 0.